The number of hydrogen-bond acceptors (Lipinski definition) is 5. The number of pyridine rings is 1. The third kappa shape index (κ3) is 4.62. The van der Waals surface area contributed by atoms with Gasteiger partial charge in [0.05, 0.1) is 13.1 Å². The number of nitrogens with zero attached hydrogens (tertiary/aromatic N) is 3. The molecule has 3 aromatic rings. The van der Waals surface area contributed by atoms with Crippen molar-refractivity contribution in [3.05, 3.63) is 100.0 Å². The minimum absolute atomic E-state index is 0.0301. The molecule has 0 fully saturated rings. The zero-order valence-electron chi connectivity index (χ0n) is 17.4. The van der Waals surface area contributed by atoms with E-state index in [1.165, 1.54) is 17.0 Å². The number of carbonyl (C=O) groups is 1. The molecule has 9 heteroatoms. The van der Waals surface area contributed by atoms with Gasteiger partial charge in [0, 0.05) is 31.4 Å². The Morgan fingerprint density at radius 1 is 1.00 bits per heavy atom. The van der Waals surface area contributed by atoms with Crippen molar-refractivity contribution in [1.29, 1.82) is 0 Å². The van der Waals surface area contributed by atoms with E-state index in [-0.39, 0.29) is 28.7 Å². The van der Waals surface area contributed by atoms with E-state index in [9.17, 15) is 18.0 Å². The lowest BCUT2D eigenvalue weighted by atomic mass is 10.1. The molecule has 2 aromatic carbocycles. The van der Waals surface area contributed by atoms with E-state index in [4.69, 9.17) is 0 Å². The molecule has 1 amide bonds. The summed E-state index contributed by atoms with van der Waals surface area (Å²) in [5, 5.41) is 2.84. The topological polar surface area (TPSA) is 101 Å². The summed E-state index contributed by atoms with van der Waals surface area (Å²) in [6, 6.07) is 19.2. The highest BCUT2D eigenvalue weighted by atomic mass is 32.2. The molecule has 4 rings (SSSR count). The van der Waals surface area contributed by atoms with Gasteiger partial charge in [-0.15, -0.1) is 4.40 Å². The average Bonchev–Trinajstić information content (AvgIpc) is 3.06. The molecule has 0 radical (unpaired) electrons. The quantitative estimate of drug-likeness (QED) is 0.615. The summed E-state index contributed by atoms with van der Waals surface area (Å²) in [6.45, 7) is 0.779. The van der Waals surface area contributed by atoms with E-state index in [1.54, 1.807) is 42.1 Å². The number of rotatable bonds is 6. The van der Waals surface area contributed by atoms with Crippen molar-refractivity contribution < 1.29 is 13.2 Å². The fraction of sp³-hybridized carbons (Fsp3) is 0.174. The lowest BCUT2D eigenvalue weighted by Crippen LogP contribution is -2.38. The predicted molar refractivity (Wildman–Crippen MR) is 121 cm³/mol. The Bertz CT molecular complexity index is 1340. The predicted octanol–water partition coefficient (Wildman–Crippen LogP) is 1.59. The van der Waals surface area contributed by atoms with Crippen LogP contribution in [0.15, 0.2) is 87.0 Å². The summed E-state index contributed by atoms with van der Waals surface area (Å²) in [5.74, 6) is 0.00755. The number of aromatic nitrogens is 1. The second kappa shape index (κ2) is 8.80. The normalized spacial score (nSPS) is 13.8. The largest absolute Gasteiger partial charge is 0.350 e. The summed E-state index contributed by atoms with van der Waals surface area (Å²) in [4.78, 5) is 25.9. The molecule has 164 valence electrons. The van der Waals surface area contributed by atoms with Crippen LogP contribution in [0.4, 0.5) is 0 Å². The van der Waals surface area contributed by atoms with Crippen LogP contribution in [-0.4, -0.2) is 43.2 Å². The van der Waals surface area contributed by atoms with E-state index >= 15 is 0 Å². The van der Waals surface area contributed by atoms with E-state index in [1.807, 2.05) is 30.3 Å². The van der Waals surface area contributed by atoms with E-state index < -0.39 is 10.0 Å². The van der Waals surface area contributed by atoms with Gasteiger partial charge < -0.3 is 14.8 Å². The van der Waals surface area contributed by atoms with Crippen LogP contribution in [0.1, 0.15) is 16.7 Å². The third-order valence-electron chi connectivity index (χ3n) is 5.12. The minimum atomic E-state index is -3.73. The van der Waals surface area contributed by atoms with Gasteiger partial charge in [0.1, 0.15) is 4.90 Å². The van der Waals surface area contributed by atoms with E-state index in [2.05, 4.69) is 9.71 Å². The second-order valence-electron chi connectivity index (χ2n) is 7.50. The average molecular weight is 451 g/mol. The Morgan fingerprint density at radius 3 is 2.44 bits per heavy atom. The molecule has 1 N–H and O–H groups in total. The number of carbonyl (C=O) groups excluding carboxylic acids is 1. The van der Waals surface area contributed by atoms with Gasteiger partial charge in [-0.1, -0.05) is 42.5 Å². The first-order valence-electron chi connectivity index (χ1n) is 9.99. The van der Waals surface area contributed by atoms with Crippen LogP contribution in [-0.2, 0) is 27.9 Å². The Labute approximate surface area is 185 Å². The molecule has 0 unspecified atom stereocenters. The van der Waals surface area contributed by atoms with Crippen molar-refractivity contribution in [1.82, 2.24) is 14.8 Å². The van der Waals surface area contributed by atoms with Gasteiger partial charge in [0.25, 0.3) is 15.6 Å². The second-order valence-corrected chi connectivity index (χ2v) is 9.07. The summed E-state index contributed by atoms with van der Waals surface area (Å²) in [5.41, 5.74) is 2.33. The molecule has 0 aliphatic carbocycles. The van der Waals surface area contributed by atoms with Crippen LogP contribution in [0, 0.1) is 0 Å². The zero-order valence-corrected chi connectivity index (χ0v) is 18.2. The van der Waals surface area contributed by atoms with Crippen molar-refractivity contribution >= 4 is 21.8 Å². The Morgan fingerprint density at radius 2 is 1.69 bits per heavy atom. The van der Waals surface area contributed by atoms with Crippen molar-refractivity contribution in [2.75, 3.05) is 13.6 Å². The monoisotopic (exact) mass is 450 g/mol. The standard InChI is InChI=1S/C23H22N4O4S/c1-26(23-19-6-2-3-7-20(19)32(30,31)25-23)16-21(28)24-14-17-9-11-18(12-10-17)15-27-13-5-4-8-22(27)29/h2-13H,14-16H2,1H3,(H,24,28). The fourth-order valence-corrected chi connectivity index (χ4v) is 4.71. The van der Waals surface area contributed by atoms with Crippen LogP contribution < -0.4 is 10.9 Å². The summed E-state index contributed by atoms with van der Waals surface area (Å²) < 4.78 is 29.8. The fourth-order valence-electron chi connectivity index (χ4n) is 3.46. The van der Waals surface area contributed by atoms with E-state index in [0.717, 1.165) is 11.1 Å². The number of amides is 1. The van der Waals surface area contributed by atoms with Crippen LogP contribution in [0.25, 0.3) is 0 Å². The highest BCUT2D eigenvalue weighted by Gasteiger charge is 2.30. The Kier molecular flexibility index (Phi) is 5.91. The van der Waals surface area contributed by atoms with Crippen LogP contribution in [0.2, 0.25) is 0 Å². The van der Waals surface area contributed by atoms with Crippen molar-refractivity contribution in [3.8, 4) is 0 Å². The molecular weight excluding hydrogens is 428 g/mol. The van der Waals surface area contributed by atoms with Crippen molar-refractivity contribution in [3.63, 3.8) is 0 Å². The Balaban J connectivity index is 1.33. The lowest BCUT2D eigenvalue weighted by Gasteiger charge is -2.18. The molecule has 0 bridgehead atoms. The van der Waals surface area contributed by atoms with Crippen molar-refractivity contribution in [2.24, 2.45) is 4.40 Å². The Hall–Kier alpha value is -3.72. The molecule has 1 aromatic heterocycles. The van der Waals surface area contributed by atoms with E-state index in [0.29, 0.717) is 18.7 Å². The van der Waals surface area contributed by atoms with Crippen molar-refractivity contribution in [2.45, 2.75) is 18.0 Å². The molecule has 0 spiro atoms. The summed E-state index contributed by atoms with van der Waals surface area (Å²) >= 11 is 0. The maximum atomic E-state index is 12.4. The summed E-state index contributed by atoms with van der Waals surface area (Å²) in [6.07, 6.45) is 1.74. The molecule has 0 saturated carbocycles. The van der Waals surface area contributed by atoms with Gasteiger partial charge >= 0.3 is 0 Å². The molecule has 2 heterocycles. The SMILES string of the molecule is CN(CC(=O)NCc1ccc(Cn2ccccc2=O)cc1)C1=NS(=O)(=O)c2ccccc21. The number of amidine groups is 1. The highest BCUT2D eigenvalue weighted by Crippen LogP contribution is 2.26. The number of sulfonamides is 1. The van der Waals surface area contributed by atoms with Gasteiger partial charge in [-0.05, 0) is 29.3 Å². The number of nitrogens with one attached hydrogen (secondary N) is 1. The summed E-state index contributed by atoms with van der Waals surface area (Å²) in [7, 11) is -2.09. The first-order valence-corrected chi connectivity index (χ1v) is 11.4. The lowest BCUT2D eigenvalue weighted by molar-refractivity contribution is -0.121. The smallest absolute Gasteiger partial charge is 0.285 e. The molecular formula is C23H22N4O4S. The first-order chi connectivity index (χ1) is 15.3. The highest BCUT2D eigenvalue weighted by molar-refractivity contribution is 7.90. The zero-order chi connectivity index (χ0) is 22.7. The number of likely N-dealkylation sites (N-methyl/N-ethyl adjacent to an activating group) is 1. The van der Waals surface area contributed by atoms with Crippen LogP contribution in [0.5, 0.6) is 0 Å². The molecule has 1 aliphatic heterocycles. The van der Waals surface area contributed by atoms with Gasteiger partial charge in [-0.3, -0.25) is 9.59 Å². The van der Waals surface area contributed by atoms with Gasteiger partial charge in [-0.25, -0.2) is 0 Å². The number of hydrogen-bond donors (Lipinski definition) is 1. The maximum Gasteiger partial charge on any atom is 0.285 e. The van der Waals surface area contributed by atoms with Crippen LogP contribution >= 0.6 is 0 Å². The minimum Gasteiger partial charge on any atom is -0.350 e. The molecule has 1 aliphatic rings. The number of fused-ring (bicyclic) bond motifs is 1. The van der Waals surface area contributed by atoms with Crippen LogP contribution in [0.3, 0.4) is 0 Å². The number of benzene rings is 2. The third-order valence-corrected chi connectivity index (χ3v) is 6.44. The maximum absolute atomic E-state index is 12.4. The first kappa shape index (κ1) is 21.5. The molecule has 8 nitrogen and oxygen atoms in total. The molecule has 32 heavy (non-hydrogen) atoms. The van der Waals surface area contributed by atoms with Gasteiger partial charge in [-0.2, -0.15) is 8.42 Å². The van der Waals surface area contributed by atoms with Gasteiger partial charge in [0.15, 0.2) is 5.84 Å². The molecule has 0 atom stereocenters. The molecule has 0 saturated heterocycles. The van der Waals surface area contributed by atoms with Gasteiger partial charge in [0.2, 0.25) is 5.91 Å².